The number of hydrogen-bond donors (Lipinski definition) is 0. The van der Waals surface area contributed by atoms with Gasteiger partial charge in [-0.3, -0.25) is 4.79 Å². The molecule has 1 saturated heterocycles. The molecule has 25 heavy (non-hydrogen) atoms. The summed E-state index contributed by atoms with van der Waals surface area (Å²) in [6.45, 7) is 2.05. The third-order valence-corrected chi connectivity index (χ3v) is 6.63. The molecule has 3 rings (SSSR count). The number of halogens is 2. The Morgan fingerprint density at radius 1 is 1.20 bits per heavy atom. The highest BCUT2D eigenvalue weighted by Gasteiger charge is 2.33. The Bertz CT molecular complexity index is 909. The van der Waals surface area contributed by atoms with Crippen LogP contribution in [0, 0.1) is 18.6 Å². The maximum atomic E-state index is 13.8. The van der Waals surface area contributed by atoms with Crippen LogP contribution in [0.1, 0.15) is 15.4 Å². The van der Waals surface area contributed by atoms with Crippen LogP contribution in [0.3, 0.4) is 0 Å². The van der Waals surface area contributed by atoms with Crippen molar-refractivity contribution in [2.45, 2.75) is 11.8 Å². The molecular formula is C14H14F2N4O3S2. The molecule has 134 valence electrons. The van der Waals surface area contributed by atoms with Crippen molar-refractivity contribution >= 4 is 27.5 Å². The first-order valence-corrected chi connectivity index (χ1v) is 9.55. The average molecular weight is 388 g/mol. The van der Waals surface area contributed by atoms with Crippen LogP contribution in [0.2, 0.25) is 0 Å². The molecular weight excluding hydrogens is 374 g/mol. The van der Waals surface area contributed by atoms with Gasteiger partial charge in [0.2, 0.25) is 10.0 Å². The van der Waals surface area contributed by atoms with Crippen LogP contribution < -0.4 is 0 Å². The normalized spacial score (nSPS) is 16.2. The van der Waals surface area contributed by atoms with Gasteiger partial charge in [0.05, 0.1) is 5.69 Å². The Hall–Kier alpha value is -1.98. The number of aromatic nitrogens is 2. The first-order valence-electron chi connectivity index (χ1n) is 7.34. The van der Waals surface area contributed by atoms with Crippen molar-refractivity contribution in [1.29, 1.82) is 0 Å². The van der Waals surface area contributed by atoms with Crippen LogP contribution in [-0.2, 0) is 10.0 Å². The Kier molecular flexibility index (Phi) is 4.80. The molecule has 0 saturated carbocycles. The Balaban J connectivity index is 1.73. The van der Waals surface area contributed by atoms with Crippen LogP contribution in [-0.4, -0.2) is 59.3 Å². The van der Waals surface area contributed by atoms with Crippen molar-refractivity contribution in [3.63, 3.8) is 0 Å². The molecule has 11 heteroatoms. The highest BCUT2D eigenvalue weighted by molar-refractivity contribution is 7.89. The fourth-order valence-corrected chi connectivity index (χ4v) is 4.62. The predicted octanol–water partition coefficient (Wildman–Crippen LogP) is 1.27. The minimum absolute atomic E-state index is 0.0240. The highest BCUT2D eigenvalue weighted by atomic mass is 32.2. The molecule has 0 radical (unpaired) electrons. The minimum atomic E-state index is -4.09. The second-order valence-corrected chi connectivity index (χ2v) is 8.12. The van der Waals surface area contributed by atoms with E-state index in [0.29, 0.717) is 16.6 Å². The van der Waals surface area contributed by atoms with Crippen molar-refractivity contribution in [3.8, 4) is 0 Å². The molecule has 0 N–H and O–H groups in total. The van der Waals surface area contributed by atoms with E-state index in [-0.39, 0.29) is 32.1 Å². The SMILES string of the molecule is Cc1nnsc1C(=O)N1CCN(S(=O)(=O)c2ccc(F)cc2F)CC1. The third kappa shape index (κ3) is 3.39. The van der Waals surface area contributed by atoms with Gasteiger partial charge in [-0.05, 0) is 30.6 Å². The van der Waals surface area contributed by atoms with E-state index in [1.54, 1.807) is 6.92 Å². The number of aryl methyl sites for hydroxylation is 1. The van der Waals surface area contributed by atoms with Gasteiger partial charge in [-0.15, -0.1) is 5.10 Å². The number of nitrogens with zero attached hydrogens (tertiary/aromatic N) is 4. The second kappa shape index (κ2) is 6.73. The number of hydrogen-bond acceptors (Lipinski definition) is 6. The summed E-state index contributed by atoms with van der Waals surface area (Å²) in [5.74, 6) is -2.23. The predicted molar refractivity (Wildman–Crippen MR) is 85.7 cm³/mol. The summed E-state index contributed by atoms with van der Waals surface area (Å²) in [5.41, 5.74) is 0.526. The summed E-state index contributed by atoms with van der Waals surface area (Å²) >= 11 is 0.989. The zero-order valence-corrected chi connectivity index (χ0v) is 14.8. The van der Waals surface area contributed by atoms with Gasteiger partial charge in [-0.1, -0.05) is 4.49 Å². The lowest BCUT2D eigenvalue weighted by Crippen LogP contribution is -2.50. The number of benzene rings is 1. The molecule has 2 heterocycles. The van der Waals surface area contributed by atoms with Gasteiger partial charge in [-0.2, -0.15) is 4.31 Å². The van der Waals surface area contributed by atoms with E-state index in [1.807, 2.05) is 0 Å². The van der Waals surface area contributed by atoms with Gasteiger partial charge >= 0.3 is 0 Å². The lowest BCUT2D eigenvalue weighted by molar-refractivity contribution is 0.0701. The number of sulfonamides is 1. The molecule has 1 amide bonds. The van der Waals surface area contributed by atoms with Crippen molar-refractivity contribution in [2.75, 3.05) is 26.2 Å². The van der Waals surface area contributed by atoms with E-state index >= 15 is 0 Å². The summed E-state index contributed by atoms with van der Waals surface area (Å²) in [6, 6.07) is 2.34. The van der Waals surface area contributed by atoms with Crippen LogP contribution >= 0.6 is 11.5 Å². The summed E-state index contributed by atoms with van der Waals surface area (Å²) in [6.07, 6.45) is 0. The molecule has 1 fully saturated rings. The Morgan fingerprint density at radius 3 is 2.44 bits per heavy atom. The van der Waals surface area contributed by atoms with Crippen molar-refractivity contribution in [1.82, 2.24) is 18.8 Å². The topological polar surface area (TPSA) is 83.5 Å². The molecule has 0 bridgehead atoms. The fraction of sp³-hybridized carbons (Fsp3) is 0.357. The molecule has 0 unspecified atom stereocenters. The molecule has 2 aromatic rings. The van der Waals surface area contributed by atoms with Gasteiger partial charge in [0.1, 0.15) is 21.4 Å². The van der Waals surface area contributed by atoms with Crippen molar-refractivity contribution < 1.29 is 22.0 Å². The van der Waals surface area contributed by atoms with E-state index in [1.165, 1.54) is 4.90 Å². The number of piperazine rings is 1. The standard InChI is InChI=1S/C14H14F2N4O3S2/c1-9-13(24-18-17-9)14(21)19-4-6-20(7-5-19)25(22,23)12-3-2-10(15)8-11(12)16/h2-3,8H,4-7H2,1H3. The smallest absolute Gasteiger partial charge is 0.267 e. The largest absolute Gasteiger partial charge is 0.335 e. The first kappa shape index (κ1) is 17.8. The summed E-state index contributed by atoms with van der Waals surface area (Å²) in [5, 5.41) is 3.79. The van der Waals surface area contributed by atoms with E-state index < -0.39 is 26.6 Å². The number of carbonyl (C=O) groups excluding carboxylic acids is 1. The number of carbonyl (C=O) groups is 1. The van der Waals surface area contributed by atoms with Crippen LogP contribution in [0.15, 0.2) is 23.1 Å². The van der Waals surface area contributed by atoms with Crippen LogP contribution in [0.25, 0.3) is 0 Å². The first-order chi connectivity index (χ1) is 11.8. The quantitative estimate of drug-likeness (QED) is 0.791. The Labute approximate surface area is 147 Å². The molecule has 1 aromatic carbocycles. The maximum Gasteiger partial charge on any atom is 0.267 e. The second-order valence-electron chi connectivity index (χ2n) is 5.46. The monoisotopic (exact) mass is 388 g/mol. The summed E-state index contributed by atoms with van der Waals surface area (Å²) in [7, 11) is -4.09. The van der Waals surface area contributed by atoms with E-state index in [0.717, 1.165) is 28.0 Å². The van der Waals surface area contributed by atoms with Crippen LogP contribution in [0.5, 0.6) is 0 Å². The Morgan fingerprint density at radius 2 is 1.88 bits per heavy atom. The van der Waals surface area contributed by atoms with Crippen molar-refractivity contribution in [2.24, 2.45) is 0 Å². The van der Waals surface area contributed by atoms with E-state index in [2.05, 4.69) is 9.59 Å². The molecule has 1 aliphatic rings. The van der Waals surface area contributed by atoms with E-state index in [4.69, 9.17) is 0 Å². The minimum Gasteiger partial charge on any atom is -0.335 e. The molecule has 7 nitrogen and oxygen atoms in total. The molecule has 0 atom stereocenters. The highest BCUT2D eigenvalue weighted by Crippen LogP contribution is 2.22. The van der Waals surface area contributed by atoms with Gasteiger partial charge in [0, 0.05) is 32.2 Å². The molecule has 1 aliphatic heterocycles. The van der Waals surface area contributed by atoms with Crippen molar-refractivity contribution in [3.05, 3.63) is 40.4 Å². The summed E-state index contributed by atoms with van der Waals surface area (Å²) < 4.78 is 56.6. The van der Waals surface area contributed by atoms with Gasteiger partial charge in [0.15, 0.2) is 0 Å². The van der Waals surface area contributed by atoms with Gasteiger partial charge < -0.3 is 4.90 Å². The zero-order valence-electron chi connectivity index (χ0n) is 13.1. The lowest BCUT2D eigenvalue weighted by atomic mass is 10.3. The average Bonchev–Trinajstić information content (AvgIpc) is 3.00. The van der Waals surface area contributed by atoms with Gasteiger partial charge in [0.25, 0.3) is 5.91 Å². The molecule has 1 aromatic heterocycles. The number of amides is 1. The molecule has 0 spiro atoms. The lowest BCUT2D eigenvalue weighted by Gasteiger charge is -2.33. The summed E-state index contributed by atoms with van der Waals surface area (Å²) in [4.78, 5) is 13.7. The molecule has 0 aliphatic carbocycles. The fourth-order valence-electron chi connectivity index (χ4n) is 2.53. The van der Waals surface area contributed by atoms with Crippen LogP contribution in [0.4, 0.5) is 8.78 Å². The number of rotatable bonds is 3. The zero-order chi connectivity index (χ0) is 18.2. The van der Waals surface area contributed by atoms with E-state index in [9.17, 15) is 22.0 Å². The third-order valence-electron chi connectivity index (χ3n) is 3.88. The maximum absolute atomic E-state index is 13.8. The van der Waals surface area contributed by atoms with Gasteiger partial charge in [-0.25, -0.2) is 17.2 Å².